The Morgan fingerprint density at radius 3 is 2.94 bits per heavy atom. The van der Waals surface area contributed by atoms with E-state index in [1.54, 1.807) is 0 Å². The van der Waals surface area contributed by atoms with Gasteiger partial charge >= 0.3 is 0 Å². The molecule has 1 spiro atoms. The molecule has 2 saturated heterocycles. The van der Waals surface area contributed by atoms with Crippen molar-refractivity contribution in [1.29, 1.82) is 0 Å². The first kappa shape index (κ1) is 12.4. The molecule has 1 N–H and O–H groups in total. The fourth-order valence-electron chi connectivity index (χ4n) is 3.30. The lowest BCUT2D eigenvalue weighted by Gasteiger charge is -2.30. The molecule has 2 aliphatic heterocycles. The van der Waals surface area contributed by atoms with Crippen molar-refractivity contribution in [3.8, 4) is 0 Å². The molecule has 0 bridgehead atoms. The molecular formula is C14H24N2O2. The van der Waals surface area contributed by atoms with Crippen LogP contribution >= 0.6 is 0 Å². The van der Waals surface area contributed by atoms with Crippen LogP contribution in [0.25, 0.3) is 0 Å². The van der Waals surface area contributed by atoms with Crippen molar-refractivity contribution in [3.63, 3.8) is 0 Å². The lowest BCUT2D eigenvalue weighted by atomic mass is 10.0. The quantitative estimate of drug-likeness (QED) is 0.824. The summed E-state index contributed by atoms with van der Waals surface area (Å²) in [5.74, 6) is 0.893. The summed E-state index contributed by atoms with van der Waals surface area (Å²) in [6.07, 6.45) is 6.87. The van der Waals surface area contributed by atoms with E-state index in [-0.39, 0.29) is 11.7 Å². The second-order valence-corrected chi connectivity index (χ2v) is 6.07. The Kier molecular flexibility index (Phi) is 3.32. The third-order valence-corrected chi connectivity index (χ3v) is 4.51. The van der Waals surface area contributed by atoms with E-state index in [0.717, 1.165) is 51.9 Å². The molecule has 2 unspecified atom stereocenters. The van der Waals surface area contributed by atoms with Gasteiger partial charge in [-0.05, 0) is 32.1 Å². The van der Waals surface area contributed by atoms with Gasteiger partial charge in [0.15, 0.2) is 0 Å². The van der Waals surface area contributed by atoms with Gasteiger partial charge in [0.05, 0.1) is 18.3 Å². The highest BCUT2D eigenvalue weighted by Gasteiger charge is 2.58. The summed E-state index contributed by atoms with van der Waals surface area (Å²) in [7, 11) is 0. The molecule has 2 heterocycles. The zero-order valence-corrected chi connectivity index (χ0v) is 11.3. The molecule has 3 fully saturated rings. The molecule has 0 radical (unpaired) electrons. The maximum atomic E-state index is 12.5. The van der Waals surface area contributed by atoms with Crippen molar-refractivity contribution in [2.75, 3.05) is 19.8 Å². The van der Waals surface area contributed by atoms with Gasteiger partial charge in [0.2, 0.25) is 5.91 Å². The zero-order valence-electron chi connectivity index (χ0n) is 11.3. The highest BCUT2D eigenvalue weighted by Crippen LogP contribution is 2.43. The van der Waals surface area contributed by atoms with Gasteiger partial charge in [0, 0.05) is 19.1 Å². The van der Waals surface area contributed by atoms with Crippen LogP contribution in [0.2, 0.25) is 0 Å². The van der Waals surface area contributed by atoms with E-state index in [9.17, 15) is 4.79 Å². The van der Waals surface area contributed by atoms with Crippen LogP contribution in [-0.4, -0.2) is 42.3 Å². The predicted molar refractivity (Wildman–Crippen MR) is 69.1 cm³/mol. The number of nitrogens with zero attached hydrogens (tertiary/aromatic N) is 1. The maximum Gasteiger partial charge on any atom is 0.244 e. The molecule has 0 aromatic heterocycles. The molecule has 1 aliphatic carbocycles. The number of carbonyl (C=O) groups is 1. The molecular weight excluding hydrogens is 228 g/mol. The van der Waals surface area contributed by atoms with Gasteiger partial charge < -0.3 is 9.64 Å². The third kappa shape index (κ3) is 2.16. The first-order chi connectivity index (χ1) is 8.75. The lowest BCUT2D eigenvalue weighted by molar-refractivity contribution is -0.132. The van der Waals surface area contributed by atoms with Gasteiger partial charge in [-0.25, -0.2) is 0 Å². The number of amides is 1. The summed E-state index contributed by atoms with van der Waals surface area (Å²) in [5, 5.41) is 3.57. The summed E-state index contributed by atoms with van der Waals surface area (Å²) >= 11 is 0. The lowest BCUT2D eigenvalue weighted by Crippen LogP contribution is -2.42. The minimum atomic E-state index is -0.157. The summed E-state index contributed by atoms with van der Waals surface area (Å²) in [6, 6.07) is 0. The highest BCUT2D eigenvalue weighted by molar-refractivity contribution is 5.91. The average Bonchev–Trinajstić information content (AvgIpc) is 3.12. The summed E-state index contributed by atoms with van der Waals surface area (Å²) in [6.45, 7) is 4.80. The average molecular weight is 252 g/mol. The number of hydrogen-bond donors (Lipinski definition) is 1. The van der Waals surface area contributed by atoms with Crippen molar-refractivity contribution in [2.45, 2.75) is 57.2 Å². The molecule has 102 valence electrons. The van der Waals surface area contributed by atoms with Crippen LogP contribution in [0.3, 0.4) is 0 Å². The minimum Gasteiger partial charge on any atom is -0.381 e. The van der Waals surface area contributed by atoms with E-state index in [1.807, 2.05) is 0 Å². The second-order valence-electron chi connectivity index (χ2n) is 6.07. The summed E-state index contributed by atoms with van der Waals surface area (Å²) in [5.41, 5.74) is -0.157. The smallest absolute Gasteiger partial charge is 0.244 e. The van der Waals surface area contributed by atoms with Gasteiger partial charge in [-0.2, -0.15) is 0 Å². The van der Waals surface area contributed by atoms with Crippen LogP contribution in [0.15, 0.2) is 0 Å². The SMILES string of the molecule is CCCC1NC2(CC2)C(=O)N1CC1CCCOC1. The van der Waals surface area contributed by atoms with Crippen molar-refractivity contribution in [1.82, 2.24) is 10.2 Å². The molecule has 0 aromatic carbocycles. The molecule has 4 heteroatoms. The Morgan fingerprint density at radius 1 is 1.50 bits per heavy atom. The van der Waals surface area contributed by atoms with Crippen molar-refractivity contribution in [2.24, 2.45) is 5.92 Å². The van der Waals surface area contributed by atoms with E-state index in [2.05, 4.69) is 17.1 Å². The van der Waals surface area contributed by atoms with Crippen LogP contribution in [-0.2, 0) is 9.53 Å². The first-order valence-corrected chi connectivity index (χ1v) is 7.42. The van der Waals surface area contributed by atoms with Gasteiger partial charge in [-0.1, -0.05) is 13.3 Å². The van der Waals surface area contributed by atoms with Crippen molar-refractivity contribution < 1.29 is 9.53 Å². The van der Waals surface area contributed by atoms with Crippen LogP contribution in [0.1, 0.15) is 45.4 Å². The number of ether oxygens (including phenoxy) is 1. The van der Waals surface area contributed by atoms with Crippen LogP contribution in [0, 0.1) is 5.92 Å². The standard InChI is InChI=1S/C14H24N2O2/c1-2-4-12-15-14(6-7-14)13(17)16(12)9-11-5-3-8-18-10-11/h11-12,15H,2-10H2,1H3. The van der Waals surface area contributed by atoms with E-state index in [4.69, 9.17) is 4.74 Å². The maximum absolute atomic E-state index is 12.5. The summed E-state index contributed by atoms with van der Waals surface area (Å²) < 4.78 is 5.53. The molecule has 3 aliphatic rings. The van der Waals surface area contributed by atoms with Crippen molar-refractivity contribution in [3.05, 3.63) is 0 Å². The zero-order chi connectivity index (χ0) is 12.6. The Bertz CT molecular complexity index is 322. The van der Waals surface area contributed by atoms with Gasteiger partial charge in [0.1, 0.15) is 0 Å². The number of nitrogens with one attached hydrogen (secondary N) is 1. The van der Waals surface area contributed by atoms with E-state index in [0.29, 0.717) is 11.8 Å². The van der Waals surface area contributed by atoms with Crippen LogP contribution in [0.4, 0.5) is 0 Å². The van der Waals surface area contributed by atoms with E-state index >= 15 is 0 Å². The normalized spacial score (nSPS) is 34.3. The van der Waals surface area contributed by atoms with Gasteiger partial charge in [-0.3, -0.25) is 10.1 Å². The Labute approximate surface area is 109 Å². The van der Waals surface area contributed by atoms with Gasteiger partial charge in [0.25, 0.3) is 0 Å². The highest BCUT2D eigenvalue weighted by atomic mass is 16.5. The number of rotatable bonds is 4. The summed E-state index contributed by atoms with van der Waals surface area (Å²) in [4.78, 5) is 14.6. The Hall–Kier alpha value is -0.610. The monoisotopic (exact) mass is 252 g/mol. The molecule has 1 amide bonds. The van der Waals surface area contributed by atoms with Crippen molar-refractivity contribution >= 4 is 5.91 Å². The molecule has 18 heavy (non-hydrogen) atoms. The van der Waals surface area contributed by atoms with Crippen LogP contribution in [0.5, 0.6) is 0 Å². The fraction of sp³-hybridized carbons (Fsp3) is 0.929. The van der Waals surface area contributed by atoms with E-state index in [1.165, 1.54) is 6.42 Å². The number of carbonyl (C=O) groups excluding carboxylic acids is 1. The predicted octanol–water partition coefficient (Wildman–Crippen LogP) is 1.50. The van der Waals surface area contributed by atoms with E-state index < -0.39 is 0 Å². The third-order valence-electron chi connectivity index (χ3n) is 4.51. The number of hydrogen-bond acceptors (Lipinski definition) is 3. The largest absolute Gasteiger partial charge is 0.381 e. The molecule has 3 rings (SSSR count). The Balaban J connectivity index is 1.65. The molecule has 0 aromatic rings. The minimum absolute atomic E-state index is 0.157. The molecule has 1 saturated carbocycles. The fourth-order valence-corrected chi connectivity index (χ4v) is 3.30. The van der Waals surface area contributed by atoms with Gasteiger partial charge in [-0.15, -0.1) is 0 Å². The molecule has 4 nitrogen and oxygen atoms in total. The topological polar surface area (TPSA) is 41.6 Å². The second kappa shape index (κ2) is 4.82. The first-order valence-electron chi connectivity index (χ1n) is 7.42. The Morgan fingerprint density at radius 2 is 2.33 bits per heavy atom. The van der Waals surface area contributed by atoms with Crippen LogP contribution < -0.4 is 5.32 Å². The molecule has 2 atom stereocenters.